The molecular formula is C18H20BN5O2. The second-order valence-corrected chi connectivity index (χ2v) is 6.84. The Bertz CT molecular complexity index is 869. The molecule has 3 N–H and O–H groups in total. The minimum Gasteiger partial charge on any atom is -0.423 e. The average molecular weight is 349 g/mol. The number of hydrogen-bond donors (Lipinski definition) is 3. The monoisotopic (exact) mass is 349 g/mol. The minimum absolute atomic E-state index is 0.0314. The van der Waals surface area contributed by atoms with E-state index in [0.29, 0.717) is 12.6 Å². The first-order chi connectivity index (χ1) is 12.6. The van der Waals surface area contributed by atoms with Crippen molar-refractivity contribution in [2.45, 2.75) is 38.8 Å². The van der Waals surface area contributed by atoms with Crippen LogP contribution in [0.25, 0.3) is 0 Å². The van der Waals surface area contributed by atoms with E-state index in [9.17, 15) is 10.3 Å². The van der Waals surface area contributed by atoms with Crippen LogP contribution in [0.1, 0.15) is 30.4 Å². The number of aryl methyl sites for hydroxylation is 1. The molecule has 0 spiro atoms. The van der Waals surface area contributed by atoms with E-state index >= 15 is 0 Å². The maximum absolute atomic E-state index is 9.71. The number of aromatic nitrogens is 2. The van der Waals surface area contributed by atoms with Crippen LogP contribution in [0.5, 0.6) is 0 Å². The van der Waals surface area contributed by atoms with E-state index in [0.717, 1.165) is 47.4 Å². The molecule has 1 aliphatic carbocycles. The van der Waals surface area contributed by atoms with E-state index in [4.69, 9.17) is 4.65 Å². The largest absolute Gasteiger partial charge is 0.491 e. The fourth-order valence-electron chi connectivity index (χ4n) is 3.55. The molecule has 2 aromatic rings. The number of nitrogens with one attached hydrogen (secondary N) is 2. The van der Waals surface area contributed by atoms with Crippen molar-refractivity contribution in [3.05, 3.63) is 35.5 Å². The first kappa shape index (κ1) is 16.8. The van der Waals surface area contributed by atoms with Crippen molar-refractivity contribution in [2.75, 3.05) is 10.6 Å². The summed E-state index contributed by atoms with van der Waals surface area (Å²) in [5.74, 6) is 1.28. The van der Waals surface area contributed by atoms with Crippen LogP contribution >= 0.6 is 0 Å². The van der Waals surface area contributed by atoms with Gasteiger partial charge in [-0.2, -0.15) is 10.2 Å². The molecule has 0 saturated heterocycles. The summed E-state index contributed by atoms with van der Waals surface area (Å²) in [6.45, 7) is 2.35. The zero-order valence-corrected chi connectivity index (χ0v) is 14.6. The Kier molecular flexibility index (Phi) is 4.49. The molecule has 8 heteroatoms. The van der Waals surface area contributed by atoms with Gasteiger partial charge < -0.3 is 20.3 Å². The van der Waals surface area contributed by atoms with Gasteiger partial charge in [0.1, 0.15) is 5.82 Å². The molecule has 0 bridgehead atoms. The molecule has 2 atom stereocenters. The standard InChI is InChI=1S/C18H20BN5O2/c1-11-9-21-18(24-17(11)23-16-4-2-3-12(16)8-20)22-14-5-6-15-13(7-14)10-26-19(15)25/h5-7,9,12,16,25H,2-4,10H2,1H3,(H2,21,22,23,24). The topological polar surface area (TPSA) is 103 Å². The SMILES string of the molecule is Cc1cnc(Nc2ccc3c(c2)COB3O)nc1NC1CCCC1C#N. The quantitative estimate of drug-likeness (QED) is 0.724. The van der Waals surface area contributed by atoms with Crippen LogP contribution in [0, 0.1) is 24.2 Å². The first-order valence-electron chi connectivity index (χ1n) is 8.83. The maximum atomic E-state index is 9.71. The number of hydrogen-bond acceptors (Lipinski definition) is 7. The number of fused-ring (bicyclic) bond motifs is 1. The van der Waals surface area contributed by atoms with Crippen LogP contribution in [0.4, 0.5) is 17.5 Å². The molecular weight excluding hydrogens is 329 g/mol. The van der Waals surface area contributed by atoms with Gasteiger partial charge in [0.05, 0.1) is 18.6 Å². The Balaban J connectivity index is 1.52. The first-order valence-corrected chi connectivity index (χ1v) is 8.83. The molecule has 0 amide bonds. The third-order valence-electron chi connectivity index (χ3n) is 5.04. The number of nitrogens with zero attached hydrogens (tertiary/aromatic N) is 3. The summed E-state index contributed by atoms with van der Waals surface area (Å²) < 4.78 is 5.22. The van der Waals surface area contributed by atoms with Crippen LogP contribution in [0.15, 0.2) is 24.4 Å². The van der Waals surface area contributed by atoms with Crippen LogP contribution in [-0.2, 0) is 11.3 Å². The maximum Gasteiger partial charge on any atom is 0.491 e. The lowest BCUT2D eigenvalue weighted by atomic mass is 9.79. The summed E-state index contributed by atoms with van der Waals surface area (Å²) in [6.07, 6.45) is 4.76. The molecule has 1 aromatic heterocycles. The van der Waals surface area contributed by atoms with E-state index in [-0.39, 0.29) is 12.0 Å². The smallest absolute Gasteiger partial charge is 0.423 e. The fourth-order valence-corrected chi connectivity index (χ4v) is 3.55. The van der Waals surface area contributed by atoms with Crippen LogP contribution in [-0.4, -0.2) is 28.2 Å². The summed E-state index contributed by atoms with van der Waals surface area (Å²) in [4.78, 5) is 8.93. The Labute approximate surface area is 152 Å². The predicted molar refractivity (Wildman–Crippen MR) is 99.3 cm³/mol. The molecule has 2 heterocycles. The molecule has 1 saturated carbocycles. The highest BCUT2D eigenvalue weighted by Crippen LogP contribution is 2.29. The van der Waals surface area contributed by atoms with Crippen LogP contribution in [0.2, 0.25) is 0 Å². The minimum atomic E-state index is -0.843. The van der Waals surface area contributed by atoms with E-state index in [1.807, 2.05) is 25.1 Å². The summed E-state index contributed by atoms with van der Waals surface area (Å²) in [7, 11) is -0.843. The van der Waals surface area contributed by atoms with Gasteiger partial charge in [0.2, 0.25) is 5.95 Å². The second kappa shape index (κ2) is 6.94. The lowest BCUT2D eigenvalue weighted by Crippen LogP contribution is -2.27. The molecule has 2 unspecified atom stereocenters. The normalized spacial score (nSPS) is 21.3. The lowest BCUT2D eigenvalue weighted by molar-refractivity contribution is 0.275. The summed E-state index contributed by atoms with van der Waals surface area (Å²) in [6, 6.07) is 8.17. The highest BCUT2D eigenvalue weighted by atomic mass is 16.5. The van der Waals surface area contributed by atoms with Gasteiger partial charge in [-0.15, -0.1) is 0 Å². The zero-order chi connectivity index (χ0) is 18.1. The number of nitriles is 1. The van der Waals surface area contributed by atoms with Gasteiger partial charge in [-0.3, -0.25) is 0 Å². The number of benzene rings is 1. The lowest BCUT2D eigenvalue weighted by Gasteiger charge is -2.18. The molecule has 4 rings (SSSR count). The second-order valence-electron chi connectivity index (χ2n) is 6.84. The van der Waals surface area contributed by atoms with Crippen molar-refractivity contribution in [1.29, 1.82) is 5.26 Å². The molecule has 2 aliphatic rings. The van der Waals surface area contributed by atoms with Gasteiger partial charge in [0, 0.05) is 23.5 Å². The fraction of sp³-hybridized carbons (Fsp3) is 0.389. The summed E-state index contributed by atoms with van der Waals surface area (Å²) in [5, 5.41) is 25.6. The summed E-state index contributed by atoms with van der Waals surface area (Å²) in [5.41, 5.74) is 3.54. The van der Waals surface area contributed by atoms with Crippen LogP contribution in [0.3, 0.4) is 0 Å². The molecule has 0 radical (unpaired) electrons. The average Bonchev–Trinajstić information content (AvgIpc) is 3.24. The highest BCUT2D eigenvalue weighted by molar-refractivity contribution is 6.61. The van der Waals surface area contributed by atoms with Gasteiger partial charge in [-0.05, 0) is 49.3 Å². The van der Waals surface area contributed by atoms with Gasteiger partial charge in [0.25, 0.3) is 0 Å². The Hall–Kier alpha value is -2.63. The Morgan fingerprint density at radius 3 is 3.12 bits per heavy atom. The van der Waals surface area contributed by atoms with Crippen molar-refractivity contribution in [3.8, 4) is 6.07 Å². The Morgan fingerprint density at radius 1 is 1.38 bits per heavy atom. The third kappa shape index (κ3) is 3.23. The van der Waals surface area contributed by atoms with Crippen molar-refractivity contribution >= 4 is 30.0 Å². The van der Waals surface area contributed by atoms with Gasteiger partial charge in [0.15, 0.2) is 0 Å². The van der Waals surface area contributed by atoms with Crippen molar-refractivity contribution in [3.63, 3.8) is 0 Å². The molecule has 132 valence electrons. The molecule has 1 fully saturated rings. The van der Waals surface area contributed by atoms with E-state index in [2.05, 4.69) is 26.7 Å². The number of rotatable bonds is 4. The van der Waals surface area contributed by atoms with Crippen molar-refractivity contribution < 1.29 is 9.68 Å². The van der Waals surface area contributed by atoms with Crippen molar-refractivity contribution in [2.24, 2.45) is 5.92 Å². The molecule has 26 heavy (non-hydrogen) atoms. The van der Waals surface area contributed by atoms with E-state index in [1.165, 1.54) is 0 Å². The molecule has 1 aliphatic heterocycles. The predicted octanol–water partition coefficient (Wildman–Crippen LogP) is 1.85. The van der Waals surface area contributed by atoms with Crippen LogP contribution < -0.4 is 16.1 Å². The van der Waals surface area contributed by atoms with Gasteiger partial charge in [-0.25, -0.2) is 4.98 Å². The zero-order valence-electron chi connectivity index (χ0n) is 14.6. The molecule has 1 aromatic carbocycles. The van der Waals surface area contributed by atoms with E-state index < -0.39 is 7.12 Å². The van der Waals surface area contributed by atoms with E-state index in [1.54, 1.807) is 6.20 Å². The Morgan fingerprint density at radius 2 is 2.27 bits per heavy atom. The highest BCUT2D eigenvalue weighted by Gasteiger charge is 2.28. The van der Waals surface area contributed by atoms with Gasteiger partial charge in [-0.1, -0.05) is 6.07 Å². The number of anilines is 3. The summed E-state index contributed by atoms with van der Waals surface area (Å²) >= 11 is 0. The van der Waals surface area contributed by atoms with Crippen molar-refractivity contribution in [1.82, 2.24) is 9.97 Å². The third-order valence-corrected chi connectivity index (χ3v) is 5.04. The molecule has 7 nitrogen and oxygen atoms in total. The van der Waals surface area contributed by atoms with Gasteiger partial charge >= 0.3 is 7.12 Å².